The zero-order valence-corrected chi connectivity index (χ0v) is 35.1. The number of para-hydroxylation sites is 2. The summed E-state index contributed by atoms with van der Waals surface area (Å²) in [6.07, 6.45) is 0. The van der Waals surface area contributed by atoms with Gasteiger partial charge in [0.15, 0.2) is 0 Å². The molecule has 0 N–H and O–H groups in total. The van der Waals surface area contributed by atoms with E-state index in [1.165, 1.54) is 82.3 Å². The summed E-state index contributed by atoms with van der Waals surface area (Å²) in [7, 11) is 0. The lowest BCUT2D eigenvalue weighted by atomic mass is 9.92. The van der Waals surface area contributed by atoms with E-state index in [-0.39, 0.29) is 0 Å². The normalized spacial score (nSPS) is 11.4. The highest BCUT2D eigenvalue weighted by atomic mass is 15.1. The quantitative estimate of drug-likeness (QED) is 0.148. The lowest BCUT2D eigenvalue weighted by Gasteiger charge is -2.27. The fourth-order valence-corrected chi connectivity index (χ4v) is 9.70. The second kappa shape index (κ2) is 15.8. The van der Waals surface area contributed by atoms with Gasteiger partial charge in [0, 0.05) is 38.8 Å². The fourth-order valence-electron chi connectivity index (χ4n) is 9.70. The second-order valence-corrected chi connectivity index (χ2v) is 16.5. The zero-order valence-electron chi connectivity index (χ0n) is 35.1. The first-order chi connectivity index (χ1) is 31.7. The number of rotatable bonds is 8. The van der Waals surface area contributed by atoms with Crippen LogP contribution in [-0.4, -0.2) is 4.57 Å². The van der Waals surface area contributed by atoms with Crippen molar-refractivity contribution >= 4 is 60.4 Å². The molecular formula is C62H42N2. The van der Waals surface area contributed by atoms with Crippen LogP contribution in [0.25, 0.3) is 93.5 Å². The highest BCUT2D eigenvalue weighted by Crippen LogP contribution is 2.44. The van der Waals surface area contributed by atoms with E-state index in [1.807, 2.05) is 0 Å². The molecule has 0 spiro atoms. The minimum Gasteiger partial charge on any atom is -0.310 e. The number of benzene rings is 11. The largest absolute Gasteiger partial charge is 0.310 e. The van der Waals surface area contributed by atoms with E-state index in [4.69, 9.17) is 0 Å². The van der Waals surface area contributed by atoms with E-state index < -0.39 is 0 Å². The zero-order chi connectivity index (χ0) is 42.4. The maximum atomic E-state index is 2.47. The first-order valence-corrected chi connectivity index (χ1v) is 22.0. The van der Waals surface area contributed by atoms with Crippen molar-refractivity contribution < 1.29 is 0 Å². The first kappa shape index (κ1) is 37.3. The molecule has 0 amide bonds. The van der Waals surface area contributed by atoms with Crippen molar-refractivity contribution in [2.24, 2.45) is 0 Å². The van der Waals surface area contributed by atoms with Crippen LogP contribution < -0.4 is 4.90 Å². The number of anilines is 3. The van der Waals surface area contributed by atoms with Crippen molar-refractivity contribution in [3.8, 4) is 50.2 Å². The molecule has 64 heavy (non-hydrogen) atoms. The highest BCUT2D eigenvalue weighted by Gasteiger charge is 2.20. The molecule has 0 saturated carbocycles. The SMILES string of the molecule is c1ccc(-c2ccc(N(c3ccc(-c4ccccc4-n4c5ccccc5c5ccc6ccccc6c54)cc3)c3ccc(-c4ccc5ccccc5c4)c(-c4ccccc4)c3)cc2)cc1. The van der Waals surface area contributed by atoms with E-state index >= 15 is 0 Å². The third-order valence-electron chi connectivity index (χ3n) is 12.8. The summed E-state index contributed by atoms with van der Waals surface area (Å²) in [5, 5.41) is 7.47. The number of nitrogens with zero attached hydrogens (tertiary/aromatic N) is 2. The molecule has 2 nitrogen and oxygen atoms in total. The second-order valence-electron chi connectivity index (χ2n) is 16.5. The fraction of sp³-hybridized carbons (Fsp3) is 0. The molecule has 0 fully saturated rings. The van der Waals surface area contributed by atoms with Gasteiger partial charge in [0.25, 0.3) is 0 Å². The monoisotopic (exact) mass is 814 g/mol. The average molecular weight is 815 g/mol. The average Bonchev–Trinajstić information content (AvgIpc) is 3.72. The summed E-state index contributed by atoms with van der Waals surface area (Å²) in [4.78, 5) is 2.39. The Labute approximate surface area is 373 Å². The van der Waals surface area contributed by atoms with Crippen molar-refractivity contribution in [1.29, 1.82) is 0 Å². The van der Waals surface area contributed by atoms with Crippen LogP contribution >= 0.6 is 0 Å². The van der Waals surface area contributed by atoms with E-state index in [0.717, 1.165) is 28.3 Å². The number of aromatic nitrogens is 1. The third kappa shape index (κ3) is 6.52. The van der Waals surface area contributed by atoms with Gasteiger partial charge in [-0.2, -0.15) is 0 Å². The molecule has 0 saturated heterocycles. The van der Waals surface area contributed by atoms with Gasteiger partial charge in [-0.25, -0.2) is 0 Å². The molecular weight excluding hydrogens is 773 g/mol. The molecule has 2 heteroatoms. The summed E-state index contributed by atoms with van der Waals surface area (Å²) in [6, 6.07) is 92.7. The van der Waals surface area contributed by atoms with Gasteiger partial charge in [0.2, 0.25) is 0 Å². The molecule has 0 aliphatic rings. The number of hydrogen-bond donors (Lipinski definition) is 0. The molecule has 300 valence electrons. The molecule has 0 bridgehead atoms. The van der Waals surface area contributed by atoms with Crippen molar-refractivity contribution in [2.75, 3.05) is 4.90 Å². The Kier molecular flexibility index (Phi) is 9.20. The Balaban J connectivity index is 1.01. The van der Waals surface area contributed by atoms with Crippen molar-refractivity contribution in [1.82, 2.24) is 4.57 Å². The molecule has 0 radical (unpaired) electrons. The lowest BCUT2D eigenvalue weighted by Crippen LogP contribution is -2.10. The Morgan fingerprint density at radius 2 is 0.797 bits per heavy atom. The summed E-state index contributed by atoms with van der Waals surface area (Å²) < 4.78 is 2.47. The van der Waals surface area contributed by atoms with Crippen molar-refractivity contribution in [2.45, 2.75) is 0 Å². The molecule has 0 aliphatic heterocycles. The van der Waals surface area contributed by atoms with E-state index in [9.17, 15) is 0 Å². The number of fused-ring (bicyclic) bond motifs is 6. The third-order valence-corrected chi connectivity index (χ3v) is 12.8. The van der Waals surface area contributed by atoms with Gasteiger partial charge >= 0.3 is 0 Å². The Hall–Kier alpha value is -8.46. The minimum absolute atomic E-state index is 1.08. The summed E-state index contributed by atoms with van der Waals surface area (Å²) in [5.41, 5.74) is 16.3. The summed E-state index contributed by atoms with van der Waals surface area (Å²) in [5.74, 6) is 0. The van der Waals surface area contributed by atoms with Gasteiger partial charge < -0.3 is 9.47 Å². The Bertz CT molecular complexity index is 3640. The molecule has 0 unspecified atom stereocenters. The van der Waals surface area contributed by atoms with Crippen LogP contribution in [-0.2, 0) is 0 Å². The van der Waals surface area contributed by atoms with Crippen LogP contribution in [0.2, 0.25) is 0 Å². The summed E-state index contributed by atoms with van der Waals surface area (Å²) >= 11 is 0. The van der Waals surface area contributed by atoms with Gasteiger partial charge in [-0.15, -0.1) is 0 Å². The van der Waals surface area contributed by atoms with Crippen LogP contribution in [0.5, 0.6) is 0 Å². The van der Waals surface area contributed by atoms with Crippen LogP contribution in [0.1, 0.15) is 0 Å². The van der Waals surface area contributed by atoms with E-state index in [0.29, 0.717) is 0 Å². The van der Waals surface area contributed by atoms with Crippen LogP contribution in [0, 0.1) is 0 Å². The topological polar surface area (TPSA) is 8.17 Å². The predicted molar refractivity (Wildman–Crippen MR) is 272 cm³/mol. The molecule has 12 rings (SSSR count). The van der Waals surface area contributed by atoms with Crippen LogP contribution in [0.4, 0.5) is 17.1 Å². The maximum absolute atomic E-state index is 2.47. The smallest absolute Gasteiger partial charge is 0.0619 e. The Morgan fingerprint density at radius 3 is 1.56 bits per heavy atom. The van der Waals surface area contributed by atoms with Crippen LogP contribution in [0.15, 0.2) is 255 Å². The predicted octanol–water partition coefficient (Wildman–Crippen LogP) is 17.2. The van der Waals surface area contributed by atoms with Gasteiger partial charge in [-0.1, -0.05) is 200 Å². The van der Waals surface area contributed by atoms with E-state index in [2.05, 4.69) is 264 Å². The van der Waals surface area contributed by atoms with Crippen molar-refractivity contribution in [3.63, 3.8) is 0 Å². The molecule has 0 atom stereocenters. The molecule has 11 aromatic carbocycles. The van der Waals surface area contributed by atoms with Crippen LogP contribution in [0.3, 0.4) is 0 Å². The summed E-state index contributed by atoms with van der Waals surface area (Å²) in [6.45, 7) is 0. The molecule has 1 aromatic heterocycles. The Morgan fingerprint density at radius 1 is 0.266 bits per heavy atom. The standard InChI is InChI=1S/C62H42N2/c1-3-15-43(16-4-1)45-29-34-51(35-30-45)63(53-38-40-54(59(42-53)46-18-5-2-6-19-46)50-28-27-44-17-7-8-21-49(44)41-50)52-36-31-48(32-37-52)55-22-11-13-25-60(55)64-61-26-14-12-24-57(61)58-39-33-47-20-9-10-23-56(47)62(58)64/h1-42H. The first-order valence-electron chi connectivity index (χ1n) is 22.0. The maximum Gasteiger partial charge on any atom is 0.0619 e. The lowest BCUT2D eigenvalue weighted by molar-refractivity contribution is 1.19. The van der Waals surface area contributed by atoms with Gasteiger partial charge in [-0.05, 0) is 110 Å². The van der Waals surface area contributed by atoms with Gasteiger partial charge in [0.1, 0.15) is 0 Å². The number of hydrogen-bond acceptors (Lipinski definition) is 1. The van der Waals surface area contributed by atoms with E-state index in [1.54, 1.807) is 0 Å². The highest BCUT2D eigenvalue weighted by molar-refractivity contribution is 6.19. The molecule has 1 heterocycles. The minimum atomic E-state index is 1.08. The van der Waals surface area contributed by atoms with Gasteiger partial charge in [0.05, 0.1) is 16.7 Å². The van der Waals surface area contributed by atoms with Crippen molar-refractivity contribution in [3.05, 3.63) is 255 Å². The van der Waals surface area contributed by atoms with Gasteiger partial charge in [-0.3, -0.25) is 0 Å². The molecule has 12 aromatic rings. The molecule has 0 aliphatic carbocycles.